The molecule has 0 saturated heterocycles. The maximum Gasteiger partial charge on any atom is 0.286 e. The lowest BCUT2D eigenvalue weighted by molar-refractivity contribution is -0.118. The second-order valence-electron chi connectivity index (χ2n) is 5.71. The highest BCUT2D eigenvalue weighted by atomic mass is 16.3. The second kappa shape index (κ2) is 6.69. The molecule has 3 rings (SSSR count). The number of furan rings is 1. The minimum absolute atomic E-state index is 0.0417. The maximum absolute atomic E-state index is 12.5. The molecule has 0 spiro atoms. The van der Waals surface area contributed by atoms with Crippen molar-refractivity contribution in [2.24, 2.45) is 0 Å². The Kier molecular flexibility index (Phi) is 4.46. The summed E-state index contributed by atoms with van der Waals surface area (Å²) < 4.78 is 5.02. The van der Waals surface area contributed by atoms with Crippen molar-refractivity contribution in [1.82, 2.24) is 5.32 Å². The van der Waals surface area contributed by atoms with E-state index in [-0.39, 0.29) is 24.0 Å². The molecule has 23 heavy (non-hydrogen) atoms. The van der Waals surface area contributed by atoms with E-state index in [1.54, 1.807) is 12.1 Å². The van der Waals surface area contributed by atoms with Crippen LogP contribution in [0, 0.1) is 6.92 Å². The number of hydrogen-bond donors (Lipinski definition) is 1. The summed E-state index contributed by atoms with van der Waals surface area (Å²) in [7, 11) is 0. The van der Waals surface area contributed by atoms with Gasteiger partial charge in [0, 0.05) is 25.2 Å². The first kappa shape index (κ1) is 15.3. The van der Waals surface area contributed by atoms with E-state index in [1.165, 1.54) is 11.8 Å². The van der Waals surface area contributed by atoms with E-state index in [2.05, 4.69) is 11.4 Å². The molecule has 5 nitrogen and oxygen atoms in total. The third kappa shape index (κ3) is 3.28. The van der Waals surface area contributed by atoms with Gasteiger partial charge in [0.15, 0.2) is 5.76 Å². The molecule has 0 radical (unpaired) electrons. The predicted octanol–water partition coefficient (Wildman–Crippen LogP) is 2.69. The Morgan fingerprint density at radius 2 is 2.13 bits per heavy atom. The molecule has 1 N–H and O–H groups in total. The van der Waals surface area contributed by atoms with Crippen molar-refractivity contribution in [3.05, 3.63) is 53.5 Å². The third-order valence-electron chi connectivity index (χ3n) is 4.09. The van der Waals surface area contributed by atoms with E-state index < -0.39 is 0 Å². The first-order valence-electron chi connectivity index (χ1n) is 7.87. The molecule has 0 unspecified atom stereocenters. The molecule has 0 saturated carbocycles. The van der Waals surface area contributed by atoms with Crippen LogP contribution in [0.15, 0.2) is 41.0 Å². The van der Waals surface area contributed by atoms with Crippen molar-refractivity contribution in [3.63, 3.8) is 0 Å². The zero-order valence-corrected chi connectivity index (χ0v) is 13.2. The molecule has 0 aliphatic carbocycles. The molecule has 1 aliphatic heterocycles. The quantitative estimate of drug-likeness (QED) is 0.944. The number of aryl methyl sites for hydroxylation is 2. The van der Waals surface area contributed by atoms with Crippen molar-refractivity contribution >= 4 is 17.5 Å². The molecule has 2 heterocycles. The summed E-state index contributed by atoms with van der Waals surface area (Å²) in [5, 5.41) is 2.71. The molecule has 1 aromatic heterocycles. The number of nitrogens with one attached hydrogen (secondary N) is 1. The molecule has 0 fully saturated rings. The van der Waals surface area contributed by atoms with Gasteiger partial charge in [-0.1, -0.05) is 18.2 Å². The average molecular weight is 312 g/mol. The van der Waals surface area contributed by atoms with Gasteiger partial charge in [-0.2, -0.15) is 0 Å². The minimum Gasteiger partial charge on any atom is -0.459 e. The maximum atomic E-state index is 12.5. The van der Waals surface area contributed by atoms with Gasteiger partial charge in [0.25, 0.3) is 5.91 Å². The van der Waals surface area contributed by atoms with Gasteiger partial charge < -0.3 is 14.6 Å². The largest absolute Gasteiger partial charge is 0.459 e. The molecule has 120 valence electrons. The van der Waals surface area contributed by atoms with Gasteiger partial charge in [-0.25, -0.2) is 0 Å². The van der Waals surface area contributed by atoms with Crippen molar-refractivity contribution in [3.8, 4) is 0 Å². The van der Waals surface area contributed by atoms with Crippen LogP contribution in [0.2, 0.25) is 0 Å². The summed E-state index contributed by atoms with van der Waals surface area (Å²) in [6.45, 7) is 3.07. The number of carbonyl (C=O) groups excluding carboxylic acids is 2. The molecule has 2 aromatic rings. The van der Waals surface area contributed by atoms with Crippen LogP contribution >= 0.6 is 0 Å². The fraction of sp³-hybridized carbons (Fsp3) is 0.333. The molecular formula is C18H20N2O3. The van der Waals surface area contributed by atoms with Crippen LogP contribution < -0.4 is 10.2 Å². The lowest BCUT2D eigenvalue weighted by atomic mass is 9.98. The Morgan fingerprint density at radius 3 is 2.91 bits per heavy atom. The summed E-state index contributed by atoms with van der Waals surface area (Å²) in [6.07, 6.45) is 3.71. The highest BCUT2D eigenvalue weighted by Gasteiger charge is 2.23. The van der Waals surface area contributed by atoms with E-state index >= 15 is 0 Å². The van der Waals surface area contributed by atoms with E-state index in [1.807, 2.05) is 24.0 Å². The van der Waals surface area contributed by atoms with Crippen molar-refractivity contribution in [2.45, 2.75) is 26.2 Å². The first-order valence-corrected chi connectivity index (χ1v) is 7.87. The molecule has 0 atom stereocenters. The number of rotatable bonds is 4. The van der Waals surface area contributed by atoms with Gasteiger partial charge in [0.1, 0.15) is 0 Å². The number of hydrogen-bond acceptors (Lipinski definition) is 3. The van der Waals surface area contributed by atoms with Crippen LogP contribution in [0.1, 0.15) is 34.5 Å². The topological polar surface area (TPSA) is 62.6 Å². The van der Waals surface area contributed by atoms with Gasteiger partial charge in [-0.05, 0) is 43.0 Å². The van der Waals surface area contributed by atoms with Crippen LogP contribution in [0.25, 0.3) is 0 Å². The van der Waals surface area contributed by atoms with Crippen LogP contribution in [0.3, 0.4) is 0 Å². The van der Waals surface area contributed by atoms with E-state index in [0.29, 0.717) is 6.54 Å². The summed E-state index contributed by atoms with van der Waals surface area (Å²) in [5.74, 6) is 0.00892. The summed E-state index contributed by atoms with van der Waals surface area (Å²) in [5.41, 5.74) is 3.39. The van der Waals surface area contributed by atoms with Crippen molar-refractivity contribution < 1.29 is 14.0 Å². The zero-order chi connectivity index (χ0) is 16.2. The van der Waals surface area contributed by atoms with E-state index in [9.17, 15) is 9.59 Å². The Labute approximate surface area is 135 Å². The van der Waals surface area contributed by atoms with Crippen LogP contribution in [-0.4, -0.2) is 24.9 Å². The van der Waals surface area contributed by atoms with E-state index in [0.717, 1.165) is 30.6 Å². The van der Waals surface area contributed by atoms with Gasteiger partial charge in [-0.15, -0.1) is 0 Å². The number of fused-ring (bicyclic) bond motifs is 1. The Balaban J connectivity index is 1.61. The van der Waals surface area contributed by atoms with Gasteiger partial charge >= 0.3 is 0 Å². The normalized spacial score (nSPS) is 13.5. The lowest BCUT2D eigenvalue weighted by Gasteiger charge is -2.31. The van der Waals surface area contributed by atoms with Crippen LogP contribution in [0.5, 0.6) is 0 Å². The Morgan fingerprint density at radius 1 is 1.26 bits per heavy atom. The standard InChI is InChI=1S/C18H20N2O3/c1-13-5-2-6-14-7-3-11-20(17(13)14)16(21)9-10-19-18(22)15-8-4-12-23-15/h2,4-6,8,12H,3,7,9-11H2,1H3,(H,19,22). The SMILES string of the molecule is Cc1cccc2c1N(C(=O)CCNC(=O)c1ccco1)CCC2. The monoisotopic (exact) mass is 312 g/mol. The zero-order valence-electron chi connectivity index (χ0n) is 13.2. The minimum atomic E-state index is -0.293. The molecule has 0 bridgehead atoms. The van der Waals surface area contributed by atoms with E-state index in [4.69, 9.17) is 4.42 Å². The highest BCUT2D eigenvalue weighted by molar-refractivity contribution is 5.96. The van der Waals surface area contributed by atoms with Crippen molar-refractivity contribution in [1.29, 1.82) is 0 Å². The van der Waals surface area contributed by atoms with Crippen LogP contribution in [0.4, 0.5) is 5.69 Å². The number of benzene rings is 1. The van der Waals surface area contributed by atoms with Gasteiger partial charge in [0.05, 0.1) is 6.26 Å². The summed E-state index contributed by atoms with van der Waals surface area (Å²) >= 11 is 0. The third-order valence-corrected chi connectivity index (χ3v) is 4.09. The average Bonchev–Trinajstić information content (AvgIpc) is 3.09. The summed E-state index contributed by atoms with van der Waals surface area (Å²) in [6, 6.07) is 9.41. The number of nitrogens with zero attached hydrogens (tertiary/aromatic N) is 1. The summed E-state index contributed by atoms with van der Waals surface area (Å²) in [4.78, 5) is 26.2. The molecule has 2 amide bonds. The Bertz CT molecular complexity index is 707. The van der Waals surface area contributed by atoms with Gasteiger partial charge in [0.2, 0.25) is 5.91 Å². The Hall–Kier alpha value is -2.56. The second-order valence-corrected chi connectivity index (χ2v) is 5.71. The number of anilines is 1. The number of para-hydroxylation sites is 1. The predicted molar refractivity (Wildman–Crippen MR) is 87.5 cm³/mol. The number of amides is 2. The molecular weight excluding hydrogens is 292 g/mol. The van der Waals surface area contributed by atoms with Crippen molar-refractivity contribution in [2.75, 3.05) is 18.0 Å². The number of carbonyl (C=O) groups is 2. The fourth-order valence-corrected chi connectivity index (χ4v) is 3.01. The first-order chi connectivity index (χ1) is 11.2. The smallest absolute Gasteiger partial charge is 0.286 e. The molecule has 1 aromatic carbocycles. The van der Waals surface area contributed by atoms with Gasteiger partial charge in [-0.3, -0.25) is 9.59 Å². The highest BCUT2D eigenvalue weighted by Crippen LogP contribution is 2.30. The fourth-order valence-electron chi connectivity index (χ4n) is 3.01. The lowest BCUT2D eigenvalue weighted by Crippen LogP contribution is -2.38. The molecule has 1 aliphatic rings. The van der Waals surface area contributed by atoms with Crippen LogP contribution in [-0.2, 0) is 11.2 Å². The molecule has 5 heteroatoms.